The first-order valence-electron chi connectivity index (χ1n) is 8.22. The molecule has 1 aliphatic carbocycles. The summed E-state index contributed by atoms with van der Waals surface area (Å²) in [6, 6.07) is 0. The molecule has 3 nitrogen and oxygen atoms in total. The molecule has 1 amide bonds. The minimum atomic E-state index is -0.290. The normalized spacial score (nSPS) is 25.6. The van der Waals surface area contributed by atoms with Crippen LogP contribution in [0.15, 0.2) is 0 Å². The fraction of sp³-hybridized carbons (Fsp3) is 0.882. The largest absolute Gasteiger partial charge is 0.342 e. The van der Waals surface area contributed by atoms with E-state index in [0.717, 1.165) is 32.2 Å². The molecule has 0 radical (unpaired) electrons. The third-order valence-corrected chi connectivity index (χ3v) is 4.80. The van der Waals surface area contributed by atoms with Crippen molar-refractivity contribution in [1.82, 2.24) is 4.90 Å². The van der Waals surface area contributed by atoms with E-state index in [2.05, 4.69) is 0 Å². The molecule has 0 spiro atoms. The Morgan fingerprint density at radius 3 is 2.10 bits per heavy atom. The van der Waals surface area contributed by atoms with Crippen LogP contribution in [0.5, 0.6) is 0 Å². The maximum atomic E-state index is 12.6. The molecule has 0 bridgehead atoms. The lowest BCUT2D eigenvalue weighted by atomic mass is 9.79. The number of hydrogen-bond donors (Lipinski definition) is 0. The first-order valence-corrected chi connectivity index (χ1v) is 8.22. The maximum absolute atomic E-state index is 12.6. The van der Waals surface area contributed by atoms with Crippen molar-refractivity contribution in [3.63, 3.8) is 0 Å². The van der Waals surface area contributed by atoms with Crippen LogP contribution in [-0.4, -0.2) is 29.7 Å². The summed E-state index contributed by atoms with van der Waals surface area (Å²) in [5.41, 5.74) is -0.290. The Kier molecular flexibility index (Phi) is 4.87. The molecule has 0 aromatic rings. The maximum Gasteiger partial charge on any atom is 0.225 e. The van der Waals surface area contributed by atoms with Crippen LogP contribution in [-0.2, 0) is 9.59 Å². The molecule has 1 atom stereocenters. The first-order chi connectivity index (χ1) is 9.39. The minimum Gasteiger partial charge on any atom is -0.342 e. The SMILES string of the molecule is CC(C)(C)C(=O)[C@@H]1CCCN(C(=O)C2CCCCC2)C1. The zero-order chi connectivity index (χ0) is 14.8. The van der Waals surface area contributed by atoms with Gasteiger partial charge in [0.1, 0.15) is 5.78 Å². The standard InChI is InChI=1S/C17H29NO2/c1-17(2,3)15(19)14-10-7-11-18(12-14)16(20)13-8-5-4-6-9-13/h13-14H,4-12H2,1-3H3/t14-/m1/s1. The molecule has 0 unspecified atom stereocenters. The quantitative estimate of drug-likeness (QED) is 0.776. The van der Waals surface area contributed by atoms with Crippen molar-refractivity contribution in [2.24, 2.45) is 17.3 Å². The highest BCUT2D eigenvalue weighted by atomic mass is 16.2. The number of amides is 1. The summed E-state index contributed by atoms with van der Waals surface area (Å²) in [5, 5.41) is 0. The summed E-state index contributed by atoms with van der Waals surface area (Å²) in [6.45, 7) is 7.46. The van der Waals surface area contributed by atoms with Gasteiger partial charge in [-0.1, -0.05) is 40.0 Å². The van der Waals surface area contributed by atoms with Gasteiger partial charge in [-0.05, 0) is 25.7 Å². The zero-order valence-corrected chi connectivity index (χ0v) is 13.3. The molecule has 1 saturated heterocycles. The number of rotatable bonds is 2. The van der Waals surface area contributed by atoms with Gasteiger partial charge in [0.15, 0.2) is 0 Å². The van der Waals surface area contributed by atoms with Crippen LogP contribution in [0.4, 0.5) is 0 Å². The Morgan fingerprint density at radius 2 is 1.50 bits per heavy atom. The average Bonchev–Trinajstić information content (AvgIpc) is 2.46. The Morgan fingerprint density at radius 1 is 0.900 bits per heavy atom. The van der Waals surface area contributed by atoms with Crippen molar-refractivity contribution in [1.29, 1.82) is 0 Å². The average molecular weight is 279 g/mol. The highest BCUT2D eigenvalue weighted by Crippen LogP contribution is 2.30. The Bertz CT molecular complexity index is 364. The molecule has 2 aliphatic rings. The lowest BCUT2D eigenvalue weighted by molar-refractivity contribution is -0.141. The summed E-state index contributed by atoms with van der Waals surface area (Å²) in [7, 11) is 0. The highest BCUT2D eigenvalue weighted by molar-refractivity contribution is 5.87. The van der Waals surface area contributed by atoms with Crippen LogP contribution in [0.2, 0.25) is 0 Å². The lowest BCUT2D eigenvalue weighted by Gasteiger charge is -2.37. The second-order valence-corrected chi connectivity index (χ2v) is 7.57. The lowest BCUT2D eigenvalue weighted by Crippen LogP contribution is -2.47. The molecule has 1 saturated carbocycles. The second kappa shape index (κ2) is 6.28. The fourth-order valence-electron chi connectivity index (χ4n) is 3.61. The highest BCUT2D eigenvalue weighted by Gasteiger charge is 2.35. The van der Waals surface area contributed by atoms with Gasteiger partial charge in [0.2, 0.25) is 5.91 Å². The predicted octanol–water partition coefficient (Wildman–Crippen LogP) is 3.42. The predicted molar refractivity (Wildman–Crippen MR) is 80.3 cm³/mol. The van der Waals surface area contributed by atoms with Gasteiger partial charge in [0.05, 0.1) is 0 Å². The molecule has 1 aliphatic heterocycles. The Labute approximate surface area is 123 Å². The van der Waals surface area contributed by atoms with Crippen molar-refractivity contribution < 1.29 is 9.59 Å². The third kappa shape index (κ3) is 3.62. The Hall–Kier alpha value is -0.860. The molecular formula is C17H29NO2. The van der Waals surface area contributed by atoms with Crippen LogP contribution in [0.3, 0.4) is 0 Å². The topological polar surface area (TPSA) is 37.4 Å². The smallest absolute Gasteiger partial charge is 0.225 e. The van der Waals surface area contributed by atoms with Gasteiger partial charge in [0, 0.05) is 30.3 Å². The second-order valence-electron chi connectivity index (χ2n) is 7.57. The van der Waals surface area contributed by atoms with Crippen LogP contribution < -0.4 is 0 Å². The van der Waals surface area contributed by atoms with E-state index in [9.17, 15) is 9.59 Å². The molecule has 114 valence electrons. The fourth-order valence-corrected chi connectivity index (χ4v) is 3.61. The van der Waals surface area contributed by atoms with Gasteiger partial charge < -0.3 is 4.90 Å². The van der Waals surface area contributed by atoms with E-state index < -0.39 is 0 Å². The summed E-state index contributed by atoms with van der Waals surface area (Å²) >= 11 is 0. The number of ketones is 1. The van der Waals surface area contributed by atoms with Crippen LogP contribution >= 0.6 is 0 Å². The number of hydrogen-bond acceptors (Lipinski definition) is 2. The summed E-state index contributed by atoms with van der Waals surface area (Å²) in [6.07, 6.45) is 7.67. The van der Waals surface area contributed by atoms with E-state index >= 15 is 0 Å². The first kappa shape index (κ1) is 15.5. The molecule has 2 fully saturated rings. The van der Waals surface area contributed by atoms with Crippen LogP contribution in [0.25, 0.3) is 0 Å². The van der Waals surface area contributed by atoms with E-state index in [4.69, 9.17) is 0 Å². The number of piperidine rings is 1. The molecule has 2 rings (SSSR count). The van der Waals surface area contributed by atoms with Crippen molar-refractivity contribution >= 4 is 11.7 Å². The number of Topliss-reactive ketones (excluding diaryl/α,β-unsaturated/α-hetero) is 1. The van der Waals surface area contributed by atoms with Gasteiger partial charge in [-0.15, -0.1) is 0 Å². The molecule has 3 heteroatoms. The van der Waals surface area contributed by atoms with Crippen LogP contribution in [0, 0.1) is 17.3 Å². The zero-order valence-electron chi connectivity index (χ0n) is 13.3. The molecule has 1 heterocycles. The molecule has 20 heavy (non-hydrogen) atoms. The van der Waals surface area contributed by atoms with Crippen molar-refractivity contribution in [3.8, 4) is 0 Å². The summed E-state index contributed by atoms with van der Waals surface area (Å²) in [5.74, 6) is 0.915. The molecule has 0 N–H and O–H groups in total. The molecule has 0 aromatic heterocycles. The number of nitrogens with zero attached hydrogens (tertiary/aromatic N) is 1. The van der Waals surface area contributed by atoms with E-state index in [1.165, 1.54) is 19.3 Å². The van der Waals surface area contributed by atoms with E-state index in [1.807, 2.05) is 25.7 Å². The van der Waals surface area contributed by atoms with Crippen molar-refractivity contribution in [2.75, 3.05) is 13.1 Å². The Balaban J connectivity index is 1.96. The number of carbonyl (C=O) groups is 2. The van der Waals surface area contributed by atoms with Gasteiger partial charge in [-0.3, -0.25) is 9.59 Å². The third-order valence-electron chi connectivity index (χ3n) is 4.80. The van der Waals surface area contributed by atoms with Gasteiger partial charge in [-0.25, -0.2) is 0 Å². The van der Waals surface area contributed by atoms with E-state index in [1.54, 1.807) is 0 Å². The number of carbonyl (C=O) groups excluding carboxylic acids is 2. The minimum absolute atomic E-state index is 0.0521. The monoisotopic (exact) mass is 279 g/mol. The van der Waals surface area contributed by atoms with Crippen molar-refractivity contribution in [2.45, 2.75) is 65.7 Å². The van der Waals surface area contributed by atoms with E-state index in [0.29, 0.717) is 18.2 Å². The van der Waals surface area contributed by atoms with Crippen molar-refractivity contribution in [3.05, 3.63) is 0 Å². The molecule has 0 aromatic carbocycles. The van der Waals surface area contributed by atoms with Gasteiger partial charge in [-0.2, -0.15) is 0 Å². The molecular weight excluding hydrogens is 250 g/mol. The summed E-state index contributed by atoms with van der Waals surface area (Å²) in [4.78, 5) is 27.0. The summed E-state index contributed by atoms with van der Waals surface area (Å²) < 4.78 is 0. The van der Waals surface area contributed by atoms with Gasteiger partial charge in [0.25, 0.3) is 0 Å². The van der Waals surface area contributed by atoms with E-state index in [-0.39, 0.29) is 17.3 Å². The van der Waals surface area contributed by atoms with Crippen LogP contribution in [0.1, 0.15) is 65.7 Å². The van der Waals surface area contributed by atoms with Gasteiger partial charge >= 0.3 is 0 Å². The number of likely N-dealkylation sites (tertiary alicyclic amines) is 1.